The standard InChI is InChI=1S/C29H35O6S2/c1-7-21(4)27-14-13-24(29(20(2)3)28(27)18-22-11-9-8-10-12-22)15-23-16-25(36(30,31)34-5)19-26(17-23)37(32,33)35-6/h8-12,14,16-17,19-21H,7,15,18H2,1-6H3. The number of hydrogen-bond donors (Lipinski definition) is 0. The summed E-state index contributed by atoms with van der Waals surface area (Å²) in [4.78, 5) is -0.482. The minimum Gasteiger partial charge on any atom is -0.270 e. The van der Waals surface area contributed by atoms with Crippen LogP contribution in [0.25, 0.3) is 0 Å². The van der Waals surface area contributed by atoms with Crippen molar-refractivity contribution in [2.24, 2.45) is 0 Å². The lowest BCUT2D eigenvalue weighted by Gasteiger charge is -2.24. The molecule has 0 aromatic heterocycles. The van der Waals surface area contributed by atoms with Crippen LogP contribution in [0.2, 0.25) is 0 Å². The molecule has 0 N–H and O–H groups in total. The molecule has 0 amide bonds. The second kappa shape index (κ2) is 11.9. The van der Waals surface area contributed by atoms with E-state index in [1.165, 1.54) is 28.8 Å². The lowest BCUT2D eigenvalue weighted by Crippen LogP contribution is -2.11. The minimum absolute atomic E-state index is 0.169. The Bertz CT molecular complexity index is 1390. The van der Waals surface area contributed by atoms with Gasteiger partial charge in [0.1, 0.15) is 0 Å². The maximum absolute atomic E-state index is 12.5. The molecule has 0 aliphatic rings. The first kappa shape index (κ1) is 29.0. The van der Waals surface area contributed by atoms with Gasteiger partial charge in [-0.3, -0.25) is 8.37 Å². The van der Waals surface area contributed by atoms with Crippen molar-refractivity contribution in [2.45, 2.75) is 68.6 Å². The van der Waals surface area contributed by atoms with E-state index in [4.69, 9.17) is 0 Å². The lowest BCUT2D eigenvalue weighted by molar-refractivity contribution is 0.395. The summed E-state index contributed by atoms with van der Waals surface area (Å²) in [6, 6.07) is 19.7. The summed E-state index contributed by atoms with van der Waals surface area (Å²) in [5.74, 6) is 0.511. The maximum atomic E-state index is 12.5. The molecule has 0 spiro atoms. The largest absolute Gasteiger partial charge is 0.296 e. The molecule has 8 heteroatoms. The van der Waals surface area contributed by atoms with Gasteiger partial charge in [-0.2, -0.15) is 16.8 Å². The molecule has 0 saturated heterocycles. The molecular weight excluding hydrogens is 508 g/mol. The smallest absolute Gasteiger partial charge is 0.270 e. The van der Waals surface area contributed by atoms with Crippen molar-refractivity contribution in [1.29, 1.82) is 0 Å². The Balaban J connectivity index is 2.23. The van der Waals surface area contributed by atoms with Crippen LogP contribution in [-0.2, 0) is 41.4 Å². The summed E-state index contributed by atoms with van der Waals surface area (Å²) in [7, 11) is -6.18. The third-order valence-electron chi connectivity index (χ3n) is 6.68. The van der Waals surface area contributed by atoms with E-state index in [1.807, 2.05) is 24.3 Å². The molecule has 37 heavy (non-hydrogen) atoms. The summed E-state index contributed by atoms with van der Waals surface area (Å²) in [6.45, 7) is 8.64. The molecule has 3 aromatic rings. The maximum Gasteiger partial charge on any atom is 0.296 e. The Kier molecular flexibility index (Phi) is 9.34. The van der Waals surface area contributed by atoms with Gasteiger partial charge in [0.25, 0.3) is 20.2 Å². The quantitative estimate of drug-likeness (QED) is 0.277. The molecule has 1 atom stereocenters. The van der Waals surface area contributed by atoms with Crippen LogP contribution in [0, 0.1) is 6.07 Å². The molecule has 3 aromatic carbocycles. The third-order valence-corrected chi connectivity index (χ3v) is 9.19. The van der Waals surface area contributed by atoms with E-state index >= 15 is 0 Å². The molecule has 0 aliphatic carbocycles. The molecule has 3 rings (SSSR count). The van der Waals surface area contributed by atoms with Gasteiger partial charge in [0.2, 0.25) is 0 Å². The van der Waals surface area contributed by atoms with Crippen LogP contribution in [0.15, 0.2) is 64.4 Å². The van der Waals surface area contributed by atoms with Crippen LogP contribution in [0.3, 0.4) is 0 Å². The van der Waals surface area contributed by atoms with Crippen LogP contribution < -0.4 is 0 Å². The fraction of sp³-hybridized carbons (Fsp3) is 0.379. The van der Waals surface area contributed by atoms with Gasteiger partial charge < -0.3 is 0 Å². The van der Waals surface area contributed by atoms with E-state index in [1.54, 1.807) is 0 Å². The third kappa shape index (κ3) is 6.68. The van der Waals surface area contributed by atoms with E-state index in [-0.39, 0.29) is 15.7 Å². The highest BCUT2D eigenvalue weighted by molar-refractivity contribution is 7.87. The van der Waals surface area contributed by atoms with Crippen molar-refractivity contribution in [1.82, 2.24) is 0 Å². The van der Waals surface area contributed by atoms with Gasteiger partial charge in [-0.1, -0.05) is 64.1 Å². The van der Waals surface area contributed by atoms with Gasteiger partial charge in [-0.05, 0) is 88.7 Å². The summed E-state index contributed by atoms with van der Waals surface area (Å²) >= 11 is 0. The molecule has 0 saturated carbocycles. The van der Waals surface area contributed by atoms with Crippen LogP contribution >= 0.6 is 0 Å². The van der Waals surface area contributed by atoms with Crippen molar-refractivity contribution in [2.75, 3.05) is 14.2 Å². The lowest BCUT2D eigenvalue weighted by atomic mass is 9.80. The minimum atomic E-state index is -4.13. The molecule has 0 fully saturated rings. The summed E-state index contributed by atoms with van der Waals surface area (Å²) in [5, 5.41) is 0. The molecule has 0 aliphatic heterocycles. The van der Waals surface area contributed by atoms with Gasteiger partial charge in [0, 0.05) is 0 Å². The molecule has 1 unspecified atom stereocenters. The molecule has 0 bridgehead atoms. The Labute approximate surface area is 221 Å². The molecule has 0 heterocycles. The van der Waals surface area contributed by atoms with Crippen molar-refractivity contribution in [3.8, 4) is 0 Å². The predicted molar refractivity (Wildman–Crippen MR) is 145 cm³/mol. The first-order valence-electron chi connectivity index (χ1n) is 12.3. The Morgan fingerprint density at radius 3 is 1.86 bits per heavy atom. The Hall–Kier alpha value is -2.52. The summed E-state index contributed by atoms with van der Waals surface area (Å²) in [5.41, 5.74) is 6.26. The number of rotatable bonds is 11. The topological polar surface area (TPSA) is 86.7 Å². The zero-order valence-corrected chi connectivity index (χ0v) is 23.9. The zero-order valence-electron chi connectivity index (χ0n) is 22.2. The molecule has 1 radical (unpaired) electrons. The van der Waals surface area contributed by atoms with Crippen LogP contribution in [0.5, 0.6) is 0 Å². The van der Waals surface area contributed by atoms with Gasteiger partial charge in [0.15, 0.2) is 0 Å². The number of hydrogen-bond acceptors (Lipinski definition) is 6. The molecule has 6 nitrogen and oxygen atoms in total. The van der Waals surface area contributed by atoms with Crippen LogP contribution in [-0.4, -0.2) is 31.1 Å². The highest BCUT2D eigenvalue weighted by atomic mass is 32.2. The SMILES string of the molecule is CCC(C)c1c[c]c(Cc2cc(S(=O)(=O)OC)cc(S(=O)(=O)OC)c2)c(C(C)C)c1Cc1ccccc1. The van der Waals surface area contributed by atoms with Crippen molar-refractivity contribution < 1.29 is 25.2 Å². The molecular formula is C29H35O6S2. The van der Waals surface area contributed by atoms with Gasteiger partial charge in [-0.15, -0.1) is 0 Å². The highest BCUT2D eigenvalue weighted by Gasteiger charge is 2.23. The first-order valence-corrected chi connectivity index (χ1v) is 15.1. The van der Waals surface area contributed by atoms with E-state index in [2.05, 4.69) is 54.3 Å². The second-order valence-electron chi connectivity index (χ2n) is 9.47. The predicted octanol–water partition coefficient (Wildman–Crippen LogP) is 5.98. The fourth-order valence-electron chi connectivity index (χ4n) is 4.59. The van der Waals surface area contributed by atoms with Crippen molar-refractivity contribution >= 4 is 20.2 Å². The summed E-state index contributed by atoms with van der Waals surface area (Å²) in [6.07, 6.45) is 2.05. The average molecular weight is 544 g/mol. The Morgan fingerprint density at radius 1 is 0.811 bits per heavy atom. The summed E-state index contributed by atoms with van der Waals surface area (Å²) < 4.78 is 59.3. The van der Waals surface area contributed by atoms with E-state index in [0.29, 0.717) is 17.9 Å². The highest BCUT2D eigenvalue weighted by Crippen LogP contribution is 2.35. The Morgan fingerprint density at radius 2 is 1.38 bits per heavy atom. The second-order valence-corrected chi connectivity index (χ2v) is 12.9. The van der Waals surface area contributed by atoms with E-state index < -0.39 is 20.2 Å². The average Bonchev–Trinajstić information content (AvgIpc) is 2.88. The monoisotopic (exact) mass is 543 g/mol. The van der Waals surface area contributed by atoms with E-state index in [9.17, 15) is 16.8 Å². The fourth-order valence-corrected chi connectivity index (χ4v) is 6.18. The zero-order chi connectivity index (χ0) is 27.4. The van der Waals surface area contributed by atoms with Gasteiger partial charge >= 0.3 is 0 Å². The van der Waals surface area contributed by atoms with Crippen LogP contribution in [0.1, 0.15) is 79.3 Å². The number of benzene rings is 3. The van der Waals surface area contributed by atoms with Gasteiger partial charge in [-0.25, -0.2) is 0 Å². The van der Waals surface area contributed by atoms with E-state index in [0.717, 1.165) is 44.3 Å². The van der Waals surface area contributed by atoms with Crippen molar-refractivity contribution in [3.63, 3.8) is 0 Å². The molecule has 199 valence electrons. The first-order chi connectivity index (χ1) is 17.4. The van der Waals surface area contributed by atoms with Crippen molar-refractivity contribution in [3.05, 3.63) is 94.0 Å². The van der Waals surface area contributed by atoms with Crippen LogP contribution in [0.4, 0.5) is 0 Å². The van der Waals surface area contributed by atoms with Gasteiger partial charge in [0.05, 0.1) is 24.0 Å². The normalized spacial score (nSPS) is 13.2.